The summed E-state index contributed by atoms with van der Waals surface area (Å²) >= 11 is 0. The number of nitrogens with one attached hydrogen (secondary N) is 2. The molecule has 0 aromatic heterocycles. The number of benzene rings is 2. The molecule has 2 N–H and O–H groups in total. The Morgan fingerprint density at radius 3 is 1.51 bits per heavy atom. The van der Waals surface area contributed by atoms with Crippen molar-refractivity contribution in [3.63, 3.8) is 0 Å². The van der Waals surface area contributed by atoms with Gasteiger partial charge in [0.05, 0.1) is 41.8 Å². The Balaban J connectivity index is 1.45. The Morgan fingerprint density at radius 2 is 1.14 bits per heavy atom. The average Bonchev–Trinajstić information content (AvgIpc) is 2.79. The van der Waals surface area contributed by atoms with Crippen LogP contribution in [0.1, 0.15) is 64.4 Å². The first-order valence-corrected chi connectivity index (χ1v) is 12.9. The molecule has 3 rings (SSSR count). The second kappa shape index (κ2) is 11.4. The van der Waals surface area contributed by atoms with Crippen molar-refractivity contribution in [2.45, 2.75) is 57.7 Å². The van der Waals surface area contributed by atoms with Gasteiger partial charge in [-0.2, -0.15) is 0 Å². The molecule has 0 unspecified atom stereocenters. The van der Waals surface area contributed by atoms with Crippen molar-refractivity contribution in [1.29, 1.82) is 0 Å². The zero-order valence-corrected chi connectivity index (χ0v) is 22.4. The third kappa shape index (κ3) is 8.51. The average molecular weight is 478 g/mol. The van der Waals surface area contributed by atoms with E-state index in [0.29, 0.717) is 11.1 Å². The van der Waals surface area contributed by atoms with E-state index in [1.807, 2.05) is 36.4 Å². The van der Waals surface area contributed by atoms with E-state index in [-0.39, 0.29) is 23.9 Å². The fourth-order valence-corrected chi connectivity index (χ4v) is 5.27. The second-order valence-corrected chi connectivity index (χ2v) is 11.8. The van der Waals surface area contributed by atoms with Crippen LogP contribution in [-0.2, 0) is 13.0 Å². The predicted molar refractivity (Wildman–Crippen MR) is 144 cm³/mol. The van der Waals surface area contributed by atoms with E-state index in [1.165, 1.54) is 11.1 Å². The molecule has 1 saturated carbocycles. The van der Waals surface area contributed by atoms with Crippen molar-refractivity contribution < 1.29 is 18.4 Å². The van der Waals surface area contributed by atoms with E-state index in [4.69, 9.17) is 0 Å². The molecule has 0 heterocycles. The first kappa shape index (κ1) is 27.0. The van der Waals surface area contributed by atoms with E-state index in [2.05, 4.69) is 64.9 Å². The molecule has 0 spiro atoms. The van der Waals surface area contributed by atoms with Crippen molar-refractivity contribution in [1.82, 2.24) is 10.6 Å². The van der Waals surface area contributed by atoms with Crippen molar-refractivity contribution in [2.24, 2.45) is 0 Å². The molecular formula is C28H43BN4O2+2. The normalized spacial score (nSPS) is 18.6. The monoisotopic (exact) mass is 478 g/mol. The lowest BCUT2D eigenvalue weighted by atomic mass is 9.90. The Hall–Kier alpha value is -2.64. The Bertz CT molecular complexity index is 989. The molecule has 35 heavy (non-hydrogen) atoms. The third-order valence-corrected chi connectivity index (χ3v) is 6.66. The number of hydrogen-bond donors (Lipinski definition) is 2. The number of carbonyl (C=O) groups is 2. The molecule has 6 nitrogen and oxygen atoms in total. The maximum atomic E-state index is 12.8. The standard InChI is InChI=1S/C28H41BN4O2/c1-7-21-8-12-23(13-9-21)27(34)30-25-16-18-26(19-17-25)31-28(35)24-14-10-22(11-15-24)20-33(5,6)29-32(2,3)4/h8-15,25-26,29H,7,16-20H2,1-6H3/p+2/t25-,26-. The van der Waals surface area contributed by atoms with Crippen molar-refractivity contribution in [2.75, 3.05) is 35.2 Å². The minimum Gasteiger partial charge on any atom is -0.349 e. The summed E-state index contributed by atoms with van der Waals surface area (Å²) in [4.78, 5) is 25.4. The van der Waals surface area contributed by atoms with Gasteiger partial charge in [0.15, 0.2) is 0 Å². The molecule has 0 aliphatic heterocycles. The van der Waals surface area contributed by atoms with Gasteiger partial charge in [-0.25, -0.2) is 0 Å². The molecule has 2 aromatic rings. The zero-order valence-electron chi connectivity index (χ0n) is 22.4. The first-order chi connectivity index (χ1) is 16.4. The van der Waals surface area contributed by atoms with Gasteiger partial charge in [-0.1, -0.05) is 31.2 Å². The number of nitrogens with zero attached hydrogens (tertiary/aromatic N) is 2. The van der Waals surface area contributed by atoms with Crippen LogP contribution in [0.25, 0.3) is 0 Å². The smallest absolute Gasteiger partial charge is 0.349 e. The minimum atomic E-state index is -0.0137. The maximum absolute atomic E-state index is 12.8. The first-order valence-electron chi connectivity index (χ1n) is 12.9. The van der Waals surface area contributed by atoms with E-state index in [9.17, 15) is 9.59 Å². The Labute approximate surface area is 212 Å². The molecule has 0 saturated heterocycles. The summed E-state index contributed by atoms with van der Waals surface area (Å²) in [6, 6.07) is 16.2. The van der Waals surface area contributed by atoms with Gasteiger partial charge in [-0.3, -0.25) is 9.59 Å². The highest BCUT2D eigenvalue weighted by atomic mass is 16.2. The van der Waals surface area contributed by atoms with Crippen LogP contribution in [0.2, 0.25) is 0 Å². The van der Waals surface area contributed by atoms with Crippen LogP contribution in [0.3, 0.4) is 0 Å². The molecule has 188 valence electrons. The third-order valence-electron chi connectivity index (χ3n) is 6.66. The SMILES string of the molecule is CCc1ccc(C(=O)N[C@H]2CC[C@H](NC(=O)c3ccc(C[N+](C)(C)B[N+](C)(C)C)cc3)CC2)cc1. The number of hydrogen-bond acceptors (Lipinski definition) is 2. The van der Waals surface area contributed by atoms with Gasteiger partial charge in [-0.05, 0) is 61.9 Å². The van der Waals surface area contributed by atoms with Gasteiger partial charge in [-0.15, -0.1) is 0 Å². The lowest BCUT2D eigenvalue weighted by Crippen LogP contribution is -2.56. The van der Waals surface area contributed by atoms with E-state index >= 15 is 0 Å². The quantitative estimate of drug-likeness (QED) is 0.544. The van der Waals surface area contributed by atoms with Gasteiger partial charge in [0.1, 0.15) is 0 Å². The van der Waals surface area contributed by atoms with Crippen molar-refractivity contribution >= 4 is 19.4 Å². The Morgan fingerprint density at radius 1 is 0.743 bits per heavy atom. The highest BCUT2D eigenvalue weighted by Crippen LogP contribution is 2.20. The number of quaternary nitrogens is 2. The molecule has 0 atom stereocenters. The highest BCUT2D eigenvalue weighted by Gasteiger charge is 2.32. The van der Waals surface area contributed by atoms with E-state index < -0.39 is 0 Å². The summed E-state index contributed by atoms with van der Waals surface area (Å²) in [7, 11) is 12.1. The molecule has 0 radical (unpaired) electrons. The van der Waals surface area contributed by atoms with E-state index in [1.54, 1.807) is 0 Å². The highest BCUT2D eigenvalue weighted by molar-refractivity contribution is 6.16. The van der Waals surface area contributed by atoms with Crippen LogP contribution in [0.4, 0.5) is 0 Å². The fraction of sp³-hybridized carbons (Fsp3) is 0.500. The molecule has 1 fully saturated rings. The molecule has 2 aromatic carbocycles. The van der Waals surface area contributed by atoms with Crippen LogP contribution in [0.15, 0.2) is 48.5 Å². The molecule has 0 bridgehead atoms. The summed E-state index contributed by atoms with van der Waals surface area (Å²) in [6.07, 6.45) is 4.47. The topological polar surface area (TPSA) is 58.2 Å². The summed E-state index contributed by atoms with van der Waals surface area (Å²) in [6.45, 7) is 3.03. The minimum absolute atomic E-state index is 0.0107. The lowest BCUT2D eigenvalue weighted by Gasteiger charge is -2.34. The summed E-state index contributed by atoms with van der Waals surface area (Å²) in [5.74, 6) is -0.0244. The van der Waals surface area contributed by atoms with Gasteiger partial charge in [0.25, 0.3) is 11.8 Å². The largest absolute Gasteiger partial charge is 0.657 e. The molecule has 1 aliphatic rings. The van der Waals surface area contributed by atoms with E-state index in [0.717, 1.165) is 55.0 Å². The van der Waals surface area contributed by atoms with Gasteiger partial charge >= 0.3 is 7.55 Å². The van der Waals surface area contributed by atoms with Crippen LogP contribution in [0, 0.1) is 0 Å². The zero-order chi connectivity index (χ0) is 25.6. The van der Waals surface area contributed by atoms with Gasteiger partial charge in [0, 0.05) is 28.8 Å². The fourth-order valence-electron chi connectivity index (χ4n) is 5.27. The molecule has 7 heteroatoms. The van der Waals surface area contributed by atoms with Crippen LogP contribution >= 0.6 is 0 Å². The summed E-state index contributed by atoms with van der Waals surface area (Å²) < 4.78 is 1.80. The second-order valence-electron chi connectivity index (χ2n) is 11.8. The van der Waals surface area contributed by atoms with Crippen LogP contribution in [0.5, 0.6) is 0 Å². The van der Waals surface area contributed by atoms with Crippen LogP contribution in [-0.4, -0.2) is 75.5 Å². The van der Waals surface area contributed by atoms with Crippen molar-refractivity contribution in [3.05, 3.63) is 70.8 Å². The van der Waals surface area contributed by atoms with Gasteiger partial charge in [0.2, 0.25) is 0 Å². The summed E-state index contributed by atoms with van der Waals surface area (Å²) in [5.41, 5.74) is 3.88. The number of aryl methyl sites for hydroxylation is 1. The summed E-state index contributed by atoms with van der Waals surface area (Å²) in [5, 5.41) is 6.36. The predicted octanol–water partition coefficient (Wildman–Crippen LogP) is 3.27. The molecule has 1 aliphatic carbocycles. The number of rotatable bonds is 9. The molecular weight excluding hydrogens is 435 g/mol. The lowest BCUT2D eigenvalue weighted by molar-refractivity contribution is -0.888. The number of carbonyl (C=O) groups excluding carboxylic acids is 2. The Kier molecular flexibility index (Phi) is 8.78. The molecule has 2 amide bonds. The number of amides is 2. The van der Waals surface area contributed by atoms with Gasteiger partial charge < -0.3 is 19.4 Å². The van der Waals surface area contributed by atoms with Crippen LogP contribution < -0.4 is 10.6 Å². The van der Waals surface area contributed by atoms with Crippen molar-refractivity contribution in [3.8, 4) is 0 Å². The maximum Gasteiger partial charge on any atom is 0.657 e.